The summed E-state index contributed by atoms with van der Waals surface area (Å²) in [5.41, 5.74) is 2.19. The zero-order valence-corrected chi connectivity index (χ0v) is 26.6. The van der Waals surface area contributed by atoms with E-state index in [9.17, 15) is 13.2 Å². The third-order valence-corrected chi connectivity index (χ3v) is 11.7. The average molecular weight is 620 g/mol. The second-order valence-corrected chi connectivity index (χ2v) is 14.1. The van der Waals surface area contributed by atoms with Crippen LogP contribution in [0.25, 0.3) is 0 Å². The zero-order chi connectivity index (χ0) is 30.9. The van der Waals surface area contributed by atoms with Crippen molar-refractivity contribution in [2.24, 2.45) is 5.41 Å². The van der Waals surface area contributed by atoms with Crippen molar-refractivity contribution in [3.05, 3.63) is 71.4 Å². The van der Waals surface area contributed by atoms with Gasteiger partial charge in [0.05, 0.1) is 23.5 Å². The summed E-state index contributed by atoms with van der Waals surface area (Å²) in [6.07, 6.45) is 5.61. The Kier molecular flexibility index (Phi) is 8.52. The molecule has 0 radical (unpaired) electrons. The highest BCUT2D eigenvalue weighted by molar-refractivity contribution is 7.89. The van der Waals surface area contributed by atoms with Crippen LogP contribution in [0.5, 0.6) is 11.8 Å². The number of amides is 1. The fourth-order valence-corrected chi connectivity index (χ4v) is 9.16. The van der Waals surface area contributed by atoms with Crippen LogP contribution in [0.1, 0.15) is 48.8 Å². The molecule has 2 aromatic carbocycles. The number of sulfonamides is 1. The van der Waals surface area contributed by atoms with E-state index in [0.717, 1.165) is 56.7 Å². The highest BCUT2D eigenvalue weighted by atomic mass is 32.2. The van der Waals surface area contributed by atoms with E-state index in [2.05, 4.69) is 27.0 Å². The maximum absolute atomic E-state index is 13.8. The molecule has 1 spiro atoms. The molecule has 3 aliphatic rings. The molecule has 0 N–H and O–H groups in total. The first-order chi connectivity index (χ1) is 21.2. The number of anilines is 1. The second-order valence-electron chi connectivity index (χ2n) is 12.2. The molecule has 1 amide bonds. The SMILES string of the molecule is COc1cc(C)c(S(=O)(=O)N2CCC[C@H]2COc2nccc(N3CCC4(CCN(Cc5ccccc5)C4=O)CC3)n2)c(C)c1. The van der Waals surface area contributed by atoms with Crippen LogP contribution in [0, 0.1) is 19.3 Å². The fraction of sp³-hybridized carbons (Fsp3) is 0.485. The maximum atomic E-state index is 13.8. The predicted octanol–water partition coefficient (Wildman–Crippen LogP) is 4.35. The number of aromatic nitrogens is 2. The van der Waals surface area contributed by atoms with Crippen molar-refractivity contribution in [2.45, 2.75) is 63.4 Å². The first kappa shape index (κ1) is 30.3. The van der Waals surface area contributed by atoms with E-state index in [0.29, 0.717) is 41.3 Å². The molecular weight excluding hydrogens is 578 g/mol. The smallest absolute Gasteiger partial charge is 0.318 e. The lowest BCUT2D eigenvalue weighted by Gasteiger charge is -2.38. The van der Waals surface area contributed by atoms with E-state index >= 15 is 0 Å². The lowest BCUT2D eigenvalue weighted by Crippen LogP contribution is -2.45. The van der Waals surface area contributed by atoms with Crippen molar-refractivity contribution < 1.29 is 22.7 Å². The third kappa shape index (κ3) is 5.87. The summed E-state index contributed by atoms with van der Waals surface area (Å²) in [5, 5.41) is 0. The molecule has 3 aliphatic heterocycles. The third-order valence-electron chi connectivity index (χ3n) is 9.44. The van der Waals surface area contributed by atoms with Gasteiger partial charge in [0, 0.05) is 38.9 Å². The maximum Gasteiger partial charge on any atom is 0.318 e. The van der Waals surface area contributed by atoms with Crippen LogP contribution < -0.4 is 14.4 Å². The summed E-state index contributed by atoms with van der Waals surface area (Å²) in [6.45, 7) is 7.14. The summed E-state index contributed by atoms with van der Waals surface area (Å²) < 4.78 is 40.4. The monoisotopic (exact) mass is 619 g/mol. The summed E-state index contributed by atoms with van der Waals surface area (Å²) >= 11 is 0. The number of hydrogen-bond donors (Lipinski definition) is 0. The van der Waals surface area contributed by atoms with E-state index in [-0.39, 0.29) is 30.0 Å². The Labute approximate surface area is 260 Å². The number of likely N-dealkylation sites (tertiary alicyclic amines) is 1. The highest BCUT2D eigenvalue weighted by Gasteiger charge is 2.48. The lowest BCUT2D eigenvalue weighted by molar-refractivity contribution is -0.137. The number of rotatable bonds is 9. The number of methoxy groups -OCH3 is 1. The number of hydrogen-bond acceptors (Lipinski definition) is 8. The summed E-state index contributed by atoms with van der Waals surface area (Å²) in [7, 11) is -2.15. The molecule has 0 bridgehead atoms. The number of carbonyl (C=O) groups is 1. The standard InChI is InChI=1S/C33H41N5O5S/c1-24-20-28(42-3)21-25(2)30(24)44(40,41)38-16-7-10-27(38)23-43-32-34-15-11-29(35-32)36-17-12-33(13-18-36)14-19-37(31(33)39)22-26-8-5-4-6-9-26/h4-6,8-9,11,15,20-21,27H,7,10,12-14,16-19,22-23H2,1-3H3/t27-/m0/s1. The number of benzene rings is 2. The quantitative estimate of drug-likeness (QED) is 0.348. The van der Waals surface area contributed by atoms with Crippen molar-refractivity contribution >= 4 is 21.7 Å². The van der Waals surface area contributed by atoms with Crippen LogP contribution in [0.3, 0.4) is 0 Å². The van der Waals surface area contributed by atoms with Crippen LogP contribution >= 0.6 is 0 Å². The van der Waals surface area contributed by atoms with Crippen LogP contribution in [0.4, 0.5) is 5.82 Å². The minimum Gasteiger partial charge on any atom is -0.497 e. The first-order valence-electron chi connectivity index (χ1n) is 15.4. The number of carbonyl (C=O) groups excluding carboxylic acids is 1. The van der Waals surface area contributed by atoms with Crippen molar-refractivity contribution in [2.75, 3.05) is 44.8 Å². The van der Waals surface area contributed by atoms with Crippen LogP contribution in [-0.4, -0.2) is 79.4 Å². The predicted molar refractivity (Wildman–Crippen MR) is 167 cm³/mol. The Morgan fingerprint density at radius 3 is 2.39 bits per heavy atom. The lowest BCUT2D eigenvalue weighted by atomic mass is 9.77. The van der Waals surface area contributed by atoms with Crippen molar-refractivity contribution in [3.8, 4) is 11.8 Å². The summed E-state index contributed by atoms with van der Waals surface area (Å²) in [5.74, 6) is 1.67. The topological polar surface area (TPSA) is 105 Å². The van der Waals surface area contributed by atoms with Gasteiger partial charge in [-0.1, -0.05) is 30.3 Å². The van der Waals surface area contributed by atoms with Crippen molar-refractivity contribution in [1.29, 1.82) is 0 Å². The van der Waals surface area contributed by atoms with Gasteiger partial charge in [-0.15, -0.1) is 0 Å². The van der Waals surface area contributed by atoms with E-state index in [1.807, 2.05) is 29.2 Å². The number of nitrogens with zero attached hydrogens (tertiary/aromatic N) is 5. The minimum atomic E-state index is -3.72. The Bertz CT molecular complexity index is 1580. The van der Waals surface area contributed by atoms with Gasteiger partial charge in [-0.3, -0.25) is 4.79 Å². The molecule has 0 saturated carbocycles. The molecule has 4 heterocycles. The molecule has 0 unspecified atom stereocenters. The number of piperidine rings is 1. The van der Waals surface area contributed by atoms with Gasteiger partial charge in [0.1, 0.15) is 18.2 Å². The Morgan fingerprint density at radius 2 is 1.68 bits per heavy atom. The van der Waals surface area contributed by atoms with Crippen molar-refractivity contribution in [3.63, 3.8) is 0 Å². The molecule has 6 rings (SSSR count). The fourth-order valence-electron chi connectivity index (χ4n) is 7.07. The van der Waals surface area contributed by atoms with Crippen LogP contribution in [0.15, 0.2) is 59.6 Å². The molecule has 1 atom stereocenters. The van der Waals surface area contributed by atoms with E-state index in [1.165, 1.54) is 0 Å². The molecule has 3 aromatic rings. The molecule has 11 heteroatoms. The minimum absolute atomic E-state index is 0.172. The van der Waals surface area contributed by atoms with Gasteiger partial charge in [-0.05, 0) is 80.8 Å². The molecule has 234 valence electrons. The molecule has 1 aromatic heterocycles. The van der Waals surface area contributed by atoms with Gasteiger partial charge in [0.15, 0.2) is 0 Å². The molecular formula is C33H41N5O5S. The van der Waals surface area contributed by atoms with Gasteiger partial charge < -0.3 is 19.3 Å². The molecule has 3 saturated heterocycles. The molecule has 10 nitrogen and oxygen atoms in total. The molecule has 44 heavy (non-hydrogen) atoms. The van der Waals surface area contributed by atoms with E-state index < -0.39 is 10.0 Å². The zero-order valence-electron chi connectivity index (χ0n) is 25.7. The number of ether oxygens (including phenoxy) is 2. The molecule has 3 fully saturated rings. The Balaban J connectivity index is 1.07. The van der Waals surface area contributed by atoms with Crippen LogP contribution in [-0.2, 0) is 21.4 Å². The van der Waals surface area contributed by atoms with Crippen LogP contribution in [0.2, 0.25) is 0 Å². The van der Waals surface area contributed by atoms with E-state index in [1.54, 1.807) is 43.6 Å². The van der Waals surface area contributed by atoms with Gasteiger partial charge >= 0.3 is 6.01 Å². The largest absolute Gasteiger partial charge is 0.497 e. The number of aryl methyl sites for hydroxylation is 2. The Morgan fingerprint density at radius 1 is 0.977 bits per heavy atom. The van der Waals surface area contributed by atoms with Gasteiger partial charge in [-0.2, -0.15) is 9.29 Å². The Hall–Kier alpha value is -3.70. The van der Waals surface area contributed by atoms with Gasteiger partial charge in [0.25, 0.3) is 0 Å². The van der Waals surface area contributed by atoms with Gasteiger partial charge in [0.2, 0.25) is 15.9 Å². The normalized spacial score (nSPS) is 20.4. The second kappa shape index (κ2) is 12.4. The first-order valence-corrected chi connectivity index (χ1v) is 16.9. The summed E-state index contributed by atoms with van der Waals surface area (Å²) in [6, 6.07) is 15.5. The molecule has 0 aliphatic carbocycles. The van der Waals surface area contributed by atoms with E-state index in [4.69, 9.17) is 9.47 Å². The van der Waals surface area contributed by atoms with Gasteiger partial charge in [-0.25, -0.2) is 13.4 Å². The average Bonchev–Trinajstić information content (AvgIpc) is 3.62. The summed E-state index contributed by atoms with van der Waals surface area (Å²) in [4.78, 5) is 27.0. The van der Waals surface area contributed by atoms with Crippen molar-refractivity contribution in [1.82, 2.24) is 19.2 Å². The highest BCUT2D eigenvalue weighted by Crippen LogP contribution is 2.43.